The number of carbonyl (C=O) groups excluding carboxylic acids is 3. The molecule has 1 amide bonds. The van der Waals surface area contributed by atoms with E-state index in [4.69, 9.17) is 23.2 Å². The summed E-state index contributed by atoms with van der Waals surface area (Å²) >= 11 is 12.1. The van der Waals surface area contributed by atoms with Gasteiger partial charge in [0.1, 0.15) is 13.1 Å². The van der Waals surface area contributed by atoms with Crippen molar-refractivity contribution in [3.63, 3.8) is 0 Å². The van der Waals surface area contributed by atoms with Crippen LogP contribution in [0.1, 0.15) is 17.0 Å². The number of hydrogen-bond donors (Lipinski definition) is 0. The van der Waals surface area contributed by atoms with Crippen molar-refractivity contribution in [3.05, 3.63) is 45.2 Å². The monoisotopic (exact) mass is 441 g/mol. The molecule has 0 aliphatic heterocycles. The summed E-state index contributed by atoms with van der Waals surface area (Å²) in [6.07, 6.45) is -0.0486. The Balaban J connectivity index is 2.30. The molecule has 0 N–H and O–H groups in total. The second-order valence-electron chi connectivity index (χ2n) is 6.24. The highest BCUT2D eigenvalue weighted by atomic mass is 35.5. The number of esters is 2. The average molecular weight is 442 g/mol. The predicted molar refractivity (Wildman–Crippen MR) is 107 cm³/mol. The van der Waals surface area contributed by atoms with E-state index in [0.717, 1.165) is 10.6 Å². The number of methoxy groups -OCH3 is 2. The number of halogens is 2. The Kier molecular flexibility index (Phi) is 7.64. The van der Waals surface area contributed by atoms with Crippen molar-refractivity contribution in [3.8, 4) is 5.69 Å². The SMILES string of the molecule is COC(=O)CN(CC(=O)OC)C(=O)Cc1c(C)nn(-c2ccc(Cl)c(Cl)c2)c1C. The lowest BCUT2D eigenvalue weighted by Gasteiger charge is -2.20. The van der Waals surface area contributed by atoms with Gasteiger partial charge in [-0.2, -0.15) is 5.10 Å². The fourth-order valence-corrected chi connectivity index (χ4v) is 3.03. The summed E-state index contributed by atoms with van der Waals surface area (Å²) in [4.78, 5) is 37.1. The lowest BCUT2D eigenvalue weighted by Crippen LogP contribution is -2.41. The maximum Gasteiger partial charge on any atom is 0.325 e. The molecular formula is C19H21Cl2N3O5. The maximum atomic E-state index is 12.8. The Labute approximate surface area is 178 Å². The van der Waals surface area contributed by atoms with Crippen molar-refractivity contribution >= 4 is 41.0 Å². The lowest BCUT2D eigenvalue weighted by molar-refractivity contribution is -0.151. The molecule has 1 heterocycles. The molecule has 0 radical (unpaired) electrons. The topological polar surface area (TPSA) is 90.7 Å². The summed E-state index contributed by atoms with van der Waals surface area (Å²) in [5.74, 6) is -1.70. The number of amides is 1. The minimum absolute atomic E-state index is 0.0486. The van der Waals surface area contributed by atoms with Crippen LogP contribution in [0, 0.1) is 13.8 Å². The molecule has 0 fully saturated rings. The summed E-state index contributed by atoms with van der Waals surface area (Å²) in [6, 6.07) is 5.10. The third-order valence-electron chi connectivity index (χ3n) is 4.36. The summed E-state index contributed by atoms with van der Waals surface area (Å²) in [6.45, 7) is 2.87. The molecule has 0 bridgehead atoms. The zero-order chi connectivity index (χ0) is 21.7. The third kappa shape index (κ3) is 5.48. The molecule has 8 nitrogen and oxygen atoms in total. The van der Waals surface area contributed by atoms with Crippen molar-refractivity contribution < 1.29 is 23.9 Å². The summed E-state index contributed by atoms with van der Waals surface area (Å²) in [5.41, 5.74) is 2.74. The Morgan fingerprint density at radius 3 is 2.14 bits per heavy atom. The highest BCUT2D eigenvalue weighted by molar-refractivity contribution is 6.42. The van der Waals surface area contributed by atoms with Gasteiger partial charge in [-0.05, 0) is 32.0 Å². The number of hydrogen-bond acceptors (Lipinski definition) is 6. The number of rotatable bonds is 7. The molecule has 0 spiro atoms. The number of nitrogens with zero attached hydrogens (tertiary/aromatic N) is 3. The Hall–Kier alpha value is -2.58. The van der Waals surface area contributed by atoms with E-state index in [9.17, 15) is 14.4 Å². The van der Waals surface area contributed by atoms with Gasteiger partial charge in [0, 0.05) is 11.3 Å². The van der Waals surface area contributed by atoms with Gasteiger partial charge >= 0.3 is 11.9 Å². The molecule has 10 heteroatoms. The van der Waals surface area contributed by atoms with Crippen LogP contribution >= 0.6 is 23.2 Å². The van der Waals surface area contributed by atoms with Gasteiger partial charge in [-0.1, -0.05) is 23.2 Å². The minimum atomic E-state index is -0.637. The molecule has 0 aliphatic carbocycles. The first-order valence-electron chi connectivity index (χ1n) is 8.59. The van der Waals surface area contributed by atoms with Gasteiger partial charge < -0.3 is 14.4 Å². The van der Waals surface area contributed by atoms with Gasteiger partial charge in [0.05, 0.1) is 42.1 Å². The molecule has 2 aromatic rings. The first-order valence-corrected chi connectivity index (χ1v) is 9.35. The van der Waals surface area contributed by atoms with E-state index < -0.39 is 17.8 Å². The van der Waals surface area contributed by atoms with Crippen LogP contribution in [0.3, 0.4) is 0 Å². The number of aryl methyl sites for hydroxylation is 1. The molecule has 0 unspecified atom stereocenters. The van der Waals surface area contributed by atoms with Crippen molar-refractivity contribution in [1.82, 2.24) is 14.7 Å². The smallest absolute Gasteiger partial charge is 0.325 e. The van der Waals surface area contributed by atoms with Gasteiger partial charge in [0.15, 0.2) is 0 Å². The van der Waals surface area contributed by atoms with Crippen LogP contribution < -0.4 is 0 Å². The molecule has 0 saturated carbocycles. The molecule has 29 heavy (non-hydrogen) atoms. The number of ether oxygens (including phenoxy) is 2. The van der Waals surface area contributed by atoms with Gasteiger partial charge in [-0.25, -0.2) is 4.68 Å². The minimum Gasteiger partial charge on any atom is -0.468 e. The van der Waals surface area contributed by atoms with E-state index in [0.29, 0.717) is 27.0 Å². The number of carbonyl (C=O) groups is 3. The lowest BCUT2D eigenvalue weighted by atomic mass is 10.1. The van der Waals surface area contributed by atoms with Gasteiger partial charge in [-0.3, -0.25) is 14.4 Å². The second kappa shape index (κ2) is 9.76. The molecule has 0 saturated heterocycles. The molecule has 1 aromatic heterocycles. The summed E-state index contributed by atoms with van der Waals surface area (Å²) in [5, 5.41) is 5.29. The van der Waals surface area contributed by atoms with Crippen LogP contribution in [-0.2, 0) is 30.3 Å². The summed E-state index contributed by atoms with van der Waals surface area (Å²) in [7, 11) is 2.41. The molecule has 0 atom stereocenters. The quantitative estimate of drug-likeness (QED) is 0.613. The molecule has 1 aromatic carbocycles. The second-order valence-corrected chi connectivity index (χ2v) is 7.05. The van der Waals surface area contributed by atoms with E-state index in [1.54, 1.807) is 29.8 Å². The zero-order valence-corrected chi connectivity index (χ0v) is 18.0. The highest BCUT2D eigenvalue weighted by Crippen LogP contribution is 2.26. The Bertz CT molecular complexity index is 924. The highest BCUT2D eigenvalue weighted by Gasteiger charge is 2.24. The Morgan fingerprint density at radius 1 is 1.03 bits per heavy atom. The standard InChI is InChI=1S/C19H21Cl2N3O5/c1-11-14(8-17(25)23(9-18(26)28-3)10-19(27)29-4)12(2)24(22-11)13-5-6-15(20)16(21)7-13/h5-7H,8-10H2,1-4H3. The molecule has 2 rings (SSSR count). The first kappa shape index (κ1) is 22.7. The number of aromatic nitrogens is 2. The summed E-state index contributed by atoms with van der Waals surface area (Å²) < 4.78 is 10.9. The van der Waals surface area contributed by atoms with Crippen LogP contribution in [-0.4, -0.2) is 59.8 Å². The molecule has 156 valence electrons. The average Bonchev–Trinajstić information content (AvgIpc) is 2.97. The van der Waals surface area contributed by atoms with E-state index in [-0.39, 0.29) is 19.5 Å². The van der Waals surface area contributed by atoms with Gasteiger partial charge in [0.2, 0.25) is 5.91 Å². The van der Waals surface area contributed by atoms with E-state index in [1.807, 2.05) is 6.92 Å². The van der Waals surface area contributed by atoms with Gasteiger partial charge in [-0.15, -0.1) is 0 Å². The third-order valence-corrected chi connectivity index (χ3v) is 5.10. The van der Waals surface area contributed by atoms with Crippen LogP contribution in [0.15, 0.2) is 18.2 Å². The van der Waals surface area contributed by atoms with E-state index >= 15 is 0 Å². The largest absolute Gasteiger partial charge is 0.468 e. The van der Waals surface area contributed by atoms with Gasteiger partial charge in [0.25, 0.3) is 0 Å². The van der Waals surface area contributed by atoms with Crippen LogP contribution in [0.5, 0.6) is 0 Å². The Morgan fingerprint density at radius 2 is 1.62 bits per heavy atom. The first-order chi connectivity index (χ1) is 13.7. The van der Waals surface area contributed by atoms with Crippen molar-refractivity contribution in [2.75, 3.05) is 27.3 Å². The van der Waals surface area contributed by atoms with Crippen molar-refractivity contribution in [2.45, 2.75) is 20.3 Å². The van der Waals surface area contributed by atoms with Crippen molar-refractivity contribution in [2.24, 2.45) is 0 Å². The predicted octanol–water partition coefficient (Wildman–Crippen LogP) is 2.51. The van der Waals surface area contributed by atoms with Crippen molar-refractivity contribution in [1.29, 1.82) is 0 Å². The van der Waals surface area contributed by atoms with Crippen LogP contribution in [0.25, 0.3) is 5.69 Å². The molecular weight excluding hydrogens is 421 g/mol. The fourth-order valence-electron chi connectivity index (χ4n) is 2.74. The van der Waals surface area contributed by atoms with E-state index in [1.165, 1.54) is 14.2 Å². The number of benzene rings is 1. The van der Waals surface area contributed by atoms with E-state index in [2.05, 4.69) is 14.6 Å². The zero-order valence-electron chi connectivity index (χ0n) is 16.5. The maximum absolute atomic E-state index is 12.8. The van der Waals surface area contributed by atoms with Crippen LogP contribution in [0.2, 0.25) is 10.0 Å². The fraction of sp³-hybridized carbons (Fsp3) is 0.368. The van der Waals surface area contributed by atoms with Crippen LogP contribution in [0.4, 0.5) is 0 Å². The molecule has 0 aliphatic rings. The normalized spacial score (nSPS) is 10.6.